The molecule has 1 rings (SSSR count). The van der Waals surface area contributed by atoms with Crippen molar-refractivity contribution in [1.29, 1.82) is 0 Å². The van der Waals surface area contributed by atoms with Crippen LogP contribution in [0.4, 0.5) is 0 Å². The third kappa shape index (κ3) is 4.52. The van der Waals surface area contributed by atoms with Gasteiger partial charge >= 0.3 is 0 Å². The number of thioether (sulfide) groups is 1. The van der Waals surface area contributed by atoms with Gasteiger partial charge in [-0.15, -0.1) is 23.4 Å². The molecule has 1 fully saturated rings. The molecule has 0 bridgehead atoms. The maximum atomic E-state index is 12.0. The Morgan fingerprint density at radius 3 is 2.94 bits per heavy atom. The molecular weight excluding hydrogens is 246 g/mol. The topological polar surface area (TPSA) is 29.5 Å². The molecule has 0 aliphatic carbocycles. The number of amides is 1. The fourth-order valence-electron chi connectivity index (χ4n) is 1.80. The molecule has 5 heteroatoms. The minimum atomic E-state index is -0.118. The molecule has 1 amide bonds. The predicted octanol–water partition coefficient (Wildman–Crippen LogP) is 1.98. The maximum Gasteiger partial charge on any atom is 0.235 e. The van der Waals surface area contributed by atoms with Crippen LogP contribution in [-0.2, 0) is 9.53 Å². The van der Waals surface area contributed by atoms with E-state index in [0.717, 1.165) is 12.2 Å². The van der Waals surface area contributed by atoms with Gasteiger partial charge in [-0.05, 0) is 18.6 Å². The molecular formula is C11H20ClNO2S. The number of nitrogens with zero attached hydrogens (tertiary/aromatic N) is 1. The Morgan fingerprint density at radius 1 is 1.62 bits per heavy atom. The first-order chi connectivity index (χ1) is 7.65. The van der Waals surface area contributed by atoms with Crippen LogP contribution in [0.25, 0.3) is 0 Å². The van der Waals surface area contributed by atoms with Crippen molar-refractivity contribution in [2.45, 2.75) is 29.9 Å². The molecule has 0 aromatic rings. The monoisotopic (exact) mass is 265 g/mol. The van der Waals surface area contributed by atoms with E-state index in [0.29, 0.717) is 13.2 Å². The standard InChI is InChI=1S/C11H20ClNO2S/c1-13(7-9(12)8-15-2)11(14)10-5-3-4-6-16-10/h9-10H,3-8H2,1-2H3. The summed E-state index contributed by atoms with van der Waals surface area (Å²) in [7, 11) is 3.44. The van der Waals surface area contributed by atoms with E-state index in [1.807, 2.05) is 7.05 Å². The molecule has 0 aromatic heterocycles. The number of carbonyl (C=O) groups excluding carboxylic acids is 1. The zero-order chi connectivity index (χ0) is 12.0. The van der Waals surface area contributed by atoms with Crippen molar-refractivity contribution in [3.63, 3.8) is 0 Å². The van der Waals surface area contributed by atoms with Gasteiger partial charge in [-0.25, -0.2) is 0 Å². The van der Waals surface area contributed by atoms with Crippen molar-refractivity contribution < 1.29 is 9.53 Å². The van der Waals surface area contributed by atoms with Crippen molar-refractivity contribution in [2.24, 2.45) is 0 Å². The van der Waals surface area contributed by atoms with Gasteiger partial charge in [0.25, 0.3) is 0 Å². The number of hydrogen-bond donors (Lipinski definition) is 0. The van der Waals surface area contributed by atoms with Crippen molar-refractivity contribution in [1.82, 2.24) is 4.90 Å². The van der Waals surface area contributed by atoms with Gasteiger partial charge in [0.15, 0.2) is 0 Å². The van der Waals surface area contributed by atoms with Gasteiger partial charge in [0.2, 0.25) is 5.91 Å². The molecule has 1 aliphatic rings. The van der Waals surface area contributed by atoms with Gasteiger partial charge in [-0.1, -0.05) is 6.42 Å². The molecule has 0 saturated carbocycles. The van der Waals surface area contributed by atoms with Crippen molar-refractivity contribution in [3.8, 4) is 0 Å². The van der Waals surface area contributed by atoms with E-state index in [2.05, 4.69) is 0 Å². The Morgan fingerprint density at radius 2 is 2.38 bits per heavy atom. The lowest BCUT2D eigenvalue weighted by molar-refractivity contribution is -0.129. The van der Waals surface area contributed by atoms with Gasteiger partial charge in [0, 0.05) is 20.7 Å². The van der Waals surface area contributed by atoms with Crippen LogP contribution in [0.15, 0.2) is 0 Å². The molecule has 0 N–H and O–H groups in total. The largest absolute Gasteiger partial charge is 0.383 e. The number of carbonyl (C=O) groups is 1. The smallest absolute Gasteiger partial charge is 0.235 e. The Labute approximate surface area is 107 Å². The second-order valence-electron chi connectivity index (χ2n) is 4.13. The Bertz CT molecular complexity index is 222. The van der Waals surface area contributed by atoms with E-state index < -0.39 is 0 Å². The lowest BCUT2D eigenvalue weighted by Gasteiger charge is -2.27. The Balaban J connectivity index is 2.34. The van der Waals surface area contributed by atoms with E-state index in [-0.39, 0.29) is 16.5 Å². The third-order valence-corrected chi connectivity index (χ3v) is 4.28. The number of hydrogen-bond acceptors (Lipinski definition) is 3. The quantitative estimate of drug-likeness (QED) is 0.712. The van der Waals surface area contributed by atoms with Crippen LogP contribution >= 0.6 is 23.4 Å². The van der Waals surface area contributed by atoms with Gasteiger partial charge in [0.05, 0.1) is 17.2 Å². The molecule has 0 radical (unpaired) electrons. The van der Waals surface area contributed by atoms with Crippen LogP contribution in [0.1, 0.15) is 19.3 Å². The molecule has 0 aromatic carbocycles. The molecule has 1 aliphatic heterocycles. The Hall–Kier alpha value is 0.0700. The van der Waals surface area contributed by atoms with Gasteiger partial charge in [0.1, 0.15) is 0 Å². The second kappa shape index (κ2) is 7.41. The van der Waals surface area contributed by atoms with E-state index in [1.54, 1.807) is 23.8 Å². The highest BCUT2D eigenvalue weighted by atomic mass is 35.5. The zero-order valence-corrected chi connectivity index (χ0v) is 11.5. The average Bonchev–Trinajstić information content (AvgIpc) is 2.29. The second-order valence-corrected chi connectivity index (χ2v) is 6.05. The highest BCUT2D eigenvalue weighted by molar-refractivity contribution is 8.00. The first kappa shape index (κ1) is 14.1. The predicted molar refractivity (Wildman–Crippen MR) is 69.3 cm³/mol. The summed E-state index contributed by atoms with van der Waals surface area (Å²) in [5, 5.41) is 0.0257. The lowest BCUT2D eigenvalue weighted by Crippen LogP contribution is -2.40. The van der Waals surface area contributed by atoms with Crippen LogP contribution < -0.4 is 0 Å². The third-order valence-electron chi connectivity index (χ3n) is 2.65. The average molecular weight is 266 g/mol. The molecule has 2 atom stereocenters. The normalized spacial score (nSPS) is 22.8. The zero-order valence-electron chi connectivity index (χ0n) is 9.95. The summed E-state index contributed by atoms with van der Waals surface area (Å²) >= 11 is 7.81. The first-order valence-corrected chi connectivity index (χ1v) is 7.13. The minimum absolute atomic E-state index is 0.118. The number of alkyl halides is 1. The summed E-state index contributed by atoms with van der Waals surface area (Å²) in [5.41, 5.74) is 0. The van der Waals surface area contributed by atoms with E-state index in [1.165, 1.54) is 12.8 Å². The van der Waals surface area contributed by atoms with Crippen LogP contribution in [0.2, 0.25) is 0 Å². The fourth-order valence-corrected chi connectivity index (χ4v) is 3.45. The summed E-state index contributed by atoms with van der Waals surface area (Å²) < 4.78 is 4.95. The summed E-state index contributed by atoms with van der Waals surface area (Å²) in [4.78, 5) is 13.8. The molecule has 2 unspecified atom stereocenters. The van der Waals surface area contributed by atoms with Crippen LogP contribution in [0.5, 0.6) is 0 Å². The lowest BCUT2D eigenvalue weighted by atomic mass is 10.1. The van der Waals surface area contributed by atoms with Gasteiger partial charge in [-0.2, -0.15) is 0 Å². The maximum absolute atomic E-state index is 12.0. The highest BCUT2D eigenvalue weighted by Gasteiger charge is 2.25. The van der Waals surface area contributed by atoms with E-state index >= 15 is 0 Å². The highest BCUT2D eigenvalue weighted by Crippen LogP contribution is 2.26. The molecule has 1 saturated heterocycles. The first-order valence-electron chi connectivity index (χ1n) is 5.64. The summed E-state index contributed by atoms with van der Waals surface area (Å²) in [6.45, 7) is 1.04. The van der Waals surface area contributed by atoms with Crippen molar-refractivity contribution in [3.05, 3.63) is 0 Å². The summed E-state index contributed by atoms with van der Waals surface area (Å²) in [6, 6.07) is 0. The molecule has 3 nitrogen and oxygen atoms in total. The molecule has 1 heterocycles. The number of rotatable bonds is 5. The van der Waals surface area contributed by atoms with Crippen molar-refractivity contribution in [2.75, 3.05) is 33.1 Å². The fraction of sp³-hybridized carbons (Fsp3) is 0.909. The Kier molecular flexibility index (Phi) is 6.54. The number of halogens is 1. The summed E-state index contributed by atoms with van der Waals surface area (Å²) in [6.07, 6.45) is 3.41. The van der Waals surface area contributed by atoms with E-state index in [4.69, 9.17) is 16.3 Å². The minimum Gasteiger partial charge on any atom is -0.383 e. The van der Waals surface area contributed by atoms with Gasteiger partial charge < -0.3 is 9.64 Å². The molecule has 16 heavy (non-hydrogen) atoms. The van der Waals surface area contributed by atoms with Gasteiger partial charge in [-0.3, -0.25) is 4.79 Å². The van der Waals surface area contributed by atoms with E-state index in [9.17, 15) is 4.79 Å². The van der Waals surface area contributed by atoms with Crippen LogP contribution in [0.3, 0.4) is 0 Å². The molecule has 0 spiro atoms. The summed E-state index contributed by atoms with van der Waals surface area (Å²) in [5.74, 6) is 1.32. The van der Waals surface area contributed by atoms with Crippen molar-refractivity contribution >= 4 is 29.3 Å². The van der Waals surface area contributed by atoms with Crippen LogP contribution in [0, 0.1) is 0 Å². The molecule has 94 valence electrons. The SMILES string of the molecule is COCC(Cl)CN(C)C(=O)C1CCCCS1. The number of methoxy groups -OCH3 is 1. The number of ether oxygens (including phenoxy) is 1. The van der Waals surface area contributed by atoms with Crippen LogP contribution in [-0.4, -0.2) is 54.5 Å².